The van der Waals surface area contributed by atoms with Gasteiger partial charge in [-0.25, -0.2) is 14.8 Å². The quantitative estimate of drug-likeness (QED) is 0.767. The molecule has 2 unspecified atom stereocenters. The summed E-state index contributed by atoms with van der Waals surface area (Å²) >= 11 is 1.61. The third-order valence-corrected chi connectivity index (χ3v) is 5.24. The number of aliphatic carboxylic acids is 2. The largest absolute Gasteiger partial charge is 0.481 e. The van der Waals surface area contributed by atoms with Crippen LogP contribution in [0.5, 0.6) is 0 Å². The molecule has 7 nitrogen and oxygen atoms in total. The number of carboxylic acids is 2. The van der Waals surface area contributed by atoms with Crippen molar-refractivity contribution >= 4 is 39.3 Å². The first-order chi connectivity index (χ1) is 11.0. The molecule has 8 heteroatoms. The first-order valence-corrected chi connectivity index (χ1v) is 8.23. The molecule has 1 aliphatic carbocycles. The number of aryl methyl sites for hydroxylation is 1. The van der Waals surface area contributed by atoms with Crippen molar-refractivity contribution in [1.29, 1.82) is 0 Å². The van der Waals surface area contributed by atoms with Gasteiger partial charge in [-0.2, -0.15) is 0 Å². The van der Waals surface area contributed by atoms with Crippen molar-refractivity contribution < 1.29 is 19.8 Å². The van der Waals surface area contributed by atoms with E-state index < -0.39 is 24.4 Å². The van der Waals surface area contributed by atoms with Gasteiger partial charge in [0.25, 0.3) is 0 Å². The van der Waals surface area contributed by atoms with E-state index in [2.05, 4.69) is 22.2 Å². The molecular weight excluding hydrogens is 318 g/mol. The number of hydrogen-bond acceptors (Lipinski definition) is 6. The molecule has 0 radical (unpaired) electrons. The minimum Gasteiger partial charge on any atom is -0.481 e. The van der Waals surface area contributed by atoms with Crippen LogP contribution in [0.4, 0.5) is 5.82 Å². The summed E-state index contributed by atoms with van der Waals surface area (Å²) in [5.74, 6) is -1.34. The third kappa shape index (κ3) is 3.12. The average molecular weight is 335 g/mol. The number of nitrogens with zero attached hydrogens (tertiary/aromatic N) is 2. The van der Waals surface area contributed by atoms with Gasteiger partial charge in [0.15, 0.2) is 0 Å². The van der Waals surface area contributed by atoms with E-state index in [0.29, 0.717) is 11.7 Å². The highest BCUT2D eigenvalue weighted by atomic mass is 32.1. The maximum absolute atomic E-state index is 11.3. The van der Waals surface area contributed by atoms with Crippen LogP contribution in [-0.2, 0) is 22.4 Å². The van der Waals surface area contributed by atoms with Crippen LogP contribution in [0.3, 0.4) is 0 Å². The molecule has 1 aliphatic rings. The van der Waals surface area contributed by atoms with Crippen molar-refractivity contribution in [2.45, 2.75) is 38.6 Å². The fourth-order valence-electron chi connectivity index (χ4n) is 2.92. The molecule has 0 saturated carbocycles. The Kier molecular flexibility index (Phi) is 4.16. The lowest BCUT2D eigenvalue weighted by atomic mass is 9.89. The molecule has 0 aromatic carbocycles. The van der Waals surface area contributed by atoms with Crippen molar-refractivity contribution in [3.05, 3.63) is 16.8 Å². The lowest BCUT2D eigenvalue weighted by Gasteiger charge is -2.19. The number of fused-ring (bicyclic) bond motifs is 3. The molecule has 0 aliphatic heterocycles. The van der Waals surface area contributed by atoms with Crippen LogP contribution >= 0.6 is 11.3 Å². The summed E-state index contributed by atoms with van der Waals surface area (Å²) in [4.78, 5) is 32.7. The van der Waals surface area contributed by atoms with Crippen molar-refractivity contribution in [2.75, 3.05) is 5.32 Å². The normalized spacial score (nSPS) is 18.4. The Morgan fingerprint density at radius 3 is 2.91 bits per heavy atom. The van der Waals surface area contributed by atoms with Crippen LogP contribution in [0, 0.1) is 5.92 Å². The fraction of sp³-hybridized carbons (Fsp3) is 0.467. The van der Waals surface area contributed by atoms with E-state index in [0.717, 1.165) is 29.5 Å². The monoisotopic (exact) mass is 335 g/mol. The Hall–Kier alpha value is -2.22. The second-order valence-electron chi connectivity index (χ2n) is 5.89. The Morgan fingerprint density at radius 1 is 1.43 bits per heavy atom. The predicted molar refractivity (Wildman–Crippen MR) is 85.9 cm³/mol. The molecule has 0 bridgehead atoms. The molecule has 0 saturated heterocycles. The summed E-state index contributed by atoms with van der Waals surface area (Å²) in [5.41, 5.74) is 1.17. The smallest absolute Gasteiger partial charge is 0.326 e. The highest BCUT2D eigenvalue weighted by Gasteiger charge is 2.26. The van der Waals surface area contributed by atoms with Gasteiger partial charge in [0.05, 0.1) is 11.8 Å². The van der Waals surface area contributed by atoms with Crippen LogP contribution in [0.2, 0.25) is 0 Å². The van der Waals surface area contributed by atoms with E-state index in [1.165, 1.54) is 16.8 Å². The van der Waals surface area contributed by atoms with Crippen LogP contribution in [-0.4, -0.2) is 38.2 Å². The zero-order valence-corrected chi connectivity index (χ0v) is 13.4. The molecular formula is C15H17N3O4S. The van der Waals surface area contributed by atoms with E-state index >= 15 is 0 Å². The van der Waals surface area contributed by atoms with E-state index in [1.807, 2.05) is 0 Å². The Balaban J connectivity index is 2.00. The van der Waals surface area contributed by atoms with E-state index in [-0.39, 0.29) is 0 Å². The van der Waals surface area contributed by atoms with Gasteiger partial charge < -0.3 is 15.5 Å². The summed E-state index contributed by atoms with van der Waals surface area (Å²) in [5, 5.41) is 21.7. The maximum Gasteiger partial charge on any atom is 0.326 e. The van der Waals surface area contributed by atoms with Gasteiger partial charge in [0.2, 0.25) is 0 Å². The highest BCUT2D eigenvalue weighted by Crippen LogP contribution is 2.39. The summed E-state index contributed by atoms with van der Waals surface area (Å²) in [6, 6.07) is -1.22. The number of thiophene rings is 1. The van der Waals surface area contributed by atoms with E-state index in [1.54, 1.807) is 11.3 Å². The topological polar surface area (TPSA) is 112 Å². The molecule has 3 rings (SSSR count). The molecule has 0 amide bonds. The van der Waals surface area contributed by atoms with Crippen molar-refractivity contribution in [1.82, 2.24) is 9.97 Å². The van der Waals surface area contributed by atoms with Gasteiger partial charge in [-0.15, -0.1) is 11.3 Å². The zero-order chi connectivity index (χ0) is 16.6. The first kappa shape index (κ1) is 15.7. The number of aromatic nitrogens is 2. The molecule has 2 aromatic heterocycles. The standard InChI is InChI=1S/C15H17N3O4S/c1-7-2-3-8-10(4-7)23-14-12(8)13(16-6-17-14)18-9(15(21)22)5-11(19)20/h6-7,9H,2-5H2,1H3,(H,19,20)(H,21,22)(H,16,17,18). The Bertz CT molecular complexity index is 773. The van der Waals surface area contributed by atoms with Gasteiger partial charge >= 0.3 is 11.9 Å². The molecule has 122 valence electrons. The van der Waals surface area contributed by atoms with Gasteiger partial charge in [-0.3, -0.25) is 4.79 Å². The Labute approximate surface area is 136 Å². The van der Waals surface area contributed by atoms with E-state index in [4.69, 9.17) is 5.11 Å². The van der Waals surface area contributed by atoms with Crippen LogP contribution < -0.4 is 5.32 Å². The number of carbonyl (C=O) groups is 2. The average Bonchev–Trinajstić information content (AvgIpc) is 2.84. The lowest BCUT2D eigenvalue weighted by molar-refractivity contribution is -0.144. The number of anilines is 1. The summed E-state index contributed by atoms with van der Waals surface area (Å²) < 4.78 is 0. The summed E-state index contributed by atoms with van der Waals surface area (Å²) in [7, 11) is 0. The second kappa shape index (κ2) is 6.11. The second-order valence-corrected chi connectivity index (χ2v) is 6.97. The maximum atomic E-state index is 11.3. The molecule has 0 spiro atoms. The van der Waals surface area contributed by atoms with Crippen molar-refractivity contribution in [3.63, 3.8) is 0 Å². The number of rotatable bonds is 5. The van der Waals surface area contributed by atoms with Crippen LogP contribution in [0.15, 0.2) is 6.33 Å². The molecule has 2 atom stereocenters. The minimum absolute atomic E-state index is 0.413. The number of carboxylic acid groups (broad SMARTS) is 2. The van der Waals surface area contributed by atoms with Crippen LogP contribution in [0.1, 0.15) is 30.2 Å². The number of nitrogens with one attached hydrogen (secondary N) is 1. The predicted octanol–water partition coefficient (Wildman–Crippen LogP) is 2.16. The zero-order valence-electron chi connectivity index (χ0n) is 12.6. The highest BCUT2D eigenvalue weighted by molar-refractivity contribution is 7.19. The van der Waals surface area contributed by atoms with Gasteiger partial charge in [-0.1, -0.05) is 6.92 Å². The molecule has 23 heavy (non-hydrogen) atoms. The molecule has 2 heterocycles. The van der Waals surface area contributed by atoms with Crippen LogP contribution in [0.25, 0.3) is 10.2 Å². The van der Waals surface area contributed by atoms with Gasteiger partial charge in [0.1, 0.15) is 23.0 Å². The number of hydrogen-bond donors (Lipinski definition) is 3. The molecule has 2 aromatic rings. The third-order valence-electron chi connectivity index (χ3n) is 4.08. The Morgan fingerprint density at radius 2 is 2.22 bits per heavy atom. The van der Waals surface area contributed by atoms with Crippen molar-refractivity contribution in [2.24, 2.45) is 5.92 Å². The molecule has 3 N–H and O–H groups in total. The fourth-order valence-corrected chi connectivity index (χ4v) is 4.27. The minimum atomic E-state index is -1.22. The van der Waals surface area contributed by atoms with Gasteiger partial charge in [-0.05, 0) is 30.7 Å². The molecule has 0 fully saturated rings. The summed E-state index contributed by atoms with van der Waals surface area (Å²) in [6.45, 7) is 2.21. The lowest BCUT2D eigenvalue weighted by Crippen LogP contribution is -2.32. The first-order valence-electron chi connectivity index (χ1n) is 7.42. The SMILES string of the molecule is CC1CCc2c(sc3ncnc(NC(CC(=O)O)C(=O)O)c23)C1. The summed E-state index contributed by atoms with van der Waals surface area (Å²) in [6.07, 6.45) is 3.85. The van der Waals surface area contributed by atoms with E-state index in [9.17, 15) is 14.7 Å². The van der Waals surface area contributed by atoms with Gasteiger partial charge in [0, 0.05) is 4.88 Å². The van der Waals surface area contributed by atoms with Crippen molar-refractivity contribution in [3.8, 4) is 0 Å².